The van der Waals surface area contributed by atoms with Gasteiger partial charge in [0, 0.05) is 24.1 Å². The Morgan fingerprint density at radius 1 is 1.16 bits per heavy atom. The number of aryl methyl sites for hydroxylation is 1. The Bertz CT molecular complexity index is 1040. The fraction of sp³-hybridized carbons (Fsp3) is 0.571. The maximum absolute atomic E-state index is 12.3. The molecule has 2 aliphatic heterocycles. The third-order valence-electron chi connectivity index (χ3n) is 5.88. The van der Waals surface area contributed by atoms with Crippen LogP contribution in [-0.2, 0) is 15.9 Å². The highest BCUT2D eigenvalue weighted by Crippen LogP contribution is 2.43. The largest absolute Gasteiger partial charge is 0.507 e. The van der Waals surface area contributed by atoms with Crippen LogP contribution in [0.4, 0.5) is 0 Å². The zero-order valence-electron chi connectivity index (χ0n) is 17.3. The van der Waals surface area contributed by atoms with E-state index in [1.54, 1.807) is 26.8 Å². The molecule has 2 aliphatic rings. The molecule has 4 rings (SSSR count). The van der Waals surface area contributed by atoms with E-state index in [0.717, 1.165) is 0 Å². The zero-order valence-corrected chi connectivity index (χ0v) is 17.3. The molecule has 0 aliphatic carbocycles. The van der Waals surface area contributed by atoms with Crippen LogP contribution in [0.2, 0.25) is 0 Å². The second-order valence-corrected chi connectivity index (χ2v) is 8.53. The molecule has 6 atom stereocenters. The lowest BCUT2D eigenvalue weighted by atomic mass is 9.94. The normalized spacial score (nSPS) is 30.9. The molecule has 3 heterocycles. The van der Waals surface area contributed by atoms with Crippen molar-refractivity contribution < 1.29 is 44.2 Å². The molecule has 1 aromatic heterocycles. The van der Waals surface area contributed by atoms with Crippen LogP contribution in [0, 0.1) is 6.92 Å². The predicted molar refractivity (Wildman–Crippen MR) is 106 cm³/mol. The van der Waals surface area contributed by atoms with E-state index < -0.39 is 49.0 Å². The Kier molecular flexibility index (Phi) is 5.49. The van der Waals surface area contributed by atoms with Crippen LogP contribution in [-0.4, -0.2) is 74.6 Å². The van der Waals surface area contributed by atoms with Crippen molar-refractivity contribution in [3.05, 3.63) is 33.7 Å². The van der Waals surface area contributed by atoms with Crippen LogP contribution in [0.25, 0.3) is 11.0 Å². The van der Waals surface area contributed by atoms with Crippen LogP contribution in [0.1, 0.15) is 25.2 Å². The molecule has 0 saturated carbocycles. The van der Waals surface area contributed by atoms with Crippen LogP contribution >= 0.6 is 0 Å². The van der Waals surface area contributed by atoms with Crippen molar-refractivity contribution in [1.82, 2.24) is 0 Å². The maximum atomic E-state index is 12.3. The van der Waals surface area contributed by atoms with Gasteiger partial charge in [-0.05, 0) is 20.8 Å². The van der Waals surface area contributed by atoms with Gasteiger partial charge in [0.1, 0.15) is 64.3 Å². The van der Waals surface area contributed by atoms with Crippen molar-refractivity contribution in [3.8, 4) is 11.5 Å². The molecule has 1 saturated heterocycles. The lowest BCUT2D eigenvalue weighted by Crippen LogP contribution is -2.61. The number of benzene rings is 1. The predicted octanol–water partition coefficient (Wildman–Crippen LogP) is -0.294. The number of phenolic OH excluding ortho intramolecular Hbond substituents is 1. The molecular weight excluding hydrogens is 412 g/mol. The highest BCUT2D eigenvalue weighted by atomic mass is 16.7. The van der Waals surface area contributed by atoms with Crippen LogP contribution in [0.5, 0.6) is 11.5 Å². The van der Waals surface area contributed by atoms with Gasteiger partial charge in [-0.15, -0.1) is 0 Å². The van der Waals surface area contributed by atoms with Gasteiger partial charge in [0.25, 0.3) is 0 Å². The molecule has 0 bridgehead atoms. The number of fused-ring (bicyclic) bond motifs is 2. The summed E-state index contributed by atoms with van der Waals surface area (Å²) in [6.07, 6.45) is -7.49. The number of aliphatic hydroxyl groups is 4. The summed E-state index contributed by atoms with van der Waals surface area (Å²) in [5.74, 6) is 0.527. The first kappa shape index (κ1) is 22.0. The molecule has 1 aromatic carbocycles. The lowest BCUT2D eigenvalue weighted by molar-refractivity contribution is -0.329. The first-order valence-electron chi connectivity index (χ1n) is 9.97. The Morgan fingerprint density at radius 2 is 1.87 bits per heavy atom. The van der Waals surface area contributed by atoms with Crippen LogP contribution in [0.15, 0.2) is 21.3 Å². The first-order chi connectivity index (χ1) is 14.5. The second-order valence-electron chi connectivity index (χ2n) is 8.53. The molecule has 5 N–H and O–H groups in total. The molecule has 170 valence electrons. The van der Waals surface area contributed by atoms with Gasteiger partial charge in [-0.1, -0.05) is 0 Å². The maximum Gasteiger partial charge on any atom is 0.196 e. The number of phenols is 1. The topological polar surface area (TPSA) is 159 Å². The van der Waals surface area contributed by atoms with E-state index in [0.29, 0.717) is 17.1 Å². The van der Waals surface area contributed by atoms with E-state index in [-0.39, 0.29) is 28.6 Å². The van der Waals surface area contributed by atoms with E-state index in [9.17, 15) is 30.3 Å². The molecule has 10 heteroatoms. The van der Waals surface area contributed by atoms with Gasteiger partial charge >= 0.3 is 0 Å². The number of aromatic hydroxyl groups is 1. The van der Waals surface area contributed by atoms with Crippen molar-refractivity contribution in [1.29, 1.82) is 0 Å². The summed E-state index contributed by atoms with van der Waals surface area (Å²) in [4.78, 5) is 12.3. The van der Waals surface area contributed by atoms with Gasteiger partial charge in [-0.2, -0.15) is 0 Å². The molecule has 0 amide bonds. The number of rotatable bonds is 4. The molecule has 1 fully saturated rings. The van der Waals surface area contributed by atoms with Gasteiger partial charge in [0.15, 0.2) is 11.7 Å². The van der Waals surface area contributed by atoms with Gasteiger partial charge in [-0.3, -0.25) is 4.79 Å². The van der Waals surface area contributed by atoms with E-state index >= 15 is 0 Å². The Balaban J connectivity index is 1.59. The Morgan fingerprint density at radius 3 is 2.55 bits per heavy atom. The van der Waals surface area contributed by atoms with Gasteiger partial charge in [-0.25, -0.2) is 0 Å². The van der Waals surface area contributed by atoms with Gasteiger partial charge in [0.05, 0.1) is 6.61 Å². The summed E-state index contributed by atoms with van der Waals surface area (Å²) in [6, 6.07) is 2.84. The Labute approximate surface area is 177 Å². The number of hydrogen-bond donors (Lipinski definition) is 5. The van der Waals surface area contributed by atoms with Crippen molar-refractivity contribution >= 4 is 11.0 Å². The van der Waals surface area contributed by atoms with E-state index in [2.05, 4.69) is 0 Å². The summed E-state index contributed by atoms with van der Waals surface area (Å²) in [5, 5.41) is 50.3. The SMILES string of the molecule is Cc1cc(=O)c2c(O)c3c(cc2o1)O[C@H](C(C)(C)O[C@H]1O[C@@H](CO)[C@H](O)[C@@H](O)[C@@H]1O)C3. The summed E-state index contributed by atoms with van der Waals surface area (Å²) in [5.41, 5.74) is -0.827. The minimum atomic E-state index is -1.57. The average molecular weight is 438 g/mol. The summed E-state index contributed by atoms with van der Waals surface area (Å²) in [7, 11) is 0. The Hall–Kier alpha value is -2.21. The van der Waals surface area contributed by atoms with Crippen molar-refractivity contribution in [2.45, 2.75) is 69.6 Å². The van der Waals surface area contributed by atoms with E-state index in [4.69, 9.17) is 18.6 Å². The van der Waals surface area contributed by atoms with Crippen LogP contribution < -0.4 is 10.2 Å². The highest BCUT2D eigenvalue weighted by Gasteiger charge is 2.48. The number of aliphatic hydroxyl groups excluding tert-OH is 4. The molecule has 0 radical (unpaired) electrons. The average Bonchev–Trinajstić information content (AvgIpc) is 3.13. The second kappa shape index (κ2) is 7.73. The van der Waals surface area contributed by atoms with Crippen LogP contribution in [0.3, 0.4) is 0 Å². The molecule has 2 aromatic rings. The minimum Gasteiger partial charge on any atom is -0.507 e. The van der Waals surface area contributed by atoms with Crippen molar-refractivity contribution in [3.63, 3.8) is 0 Å². The zero-order chi connectivity index (χ0) is 22.7. The fourth-order valence-corrected chi connectivity index (χ4v) is 4.05. The standard InChI is InChI=1S/C21H26O10/c1-8-4-10(23)15-12(28-8)6-11-9(16(15)24)5-14(29-11)21(2,3)31-20-19(27)18(26)17(25)13(7-22)30-20/h4,6,13-14,17-20,22,24-27H,5,7H2,1-3H3/t13-,14-,17-,18+,19-,20+/m0/s1. The molecule has 0 unspecified atom stereocenters. The number of ether oxygens (including phenoxy) is 3. The molecule has 31 heavy (non-hydrogen) atoms. The monoisotopic (exact) mass is 438 g/mol. The lowest BCUT2D eigenvalue weighted by Gasteiger charge is -2.43. The smallest absolute Gasteiger partial charge is 0.196 e. The fourth-order valence-electron chi connectivity index (χ4n) is 4.05. The molecular formula is C21H26O10. The van der Waals surface area contributed by atoms with E-state index in [1.807, 2.05) is 0 Å². The van der Waals surface area contributed by atoms with Crippen molar-refractivity contribution in [2.24, 2.45) is 0 Å². The third kappa shape index (κ3) is 3.69. The first-order valence-corrected chi connectivity index (χ1v) is 9.97. The van der Waals surface area contributed by atoms with Crippen molar-refractivity contribution in [2.75, 3.05) is 6.61 Å². The quantitative estimate of drug-likeness (QED) is 0.429. The number of hydrogen-bond acceptors (Lipinski definition) is 10. The summed E-state index contributed by atoms with van der Waals surface area (Å²) < 4.78 is 22.8. The summed E-state index contributed by atoms with van der Waals surface area (Å²) in [6.45, 7) is 4.41. The summed E-state index contributed by atoms with van der Waals surface area (Å²) >= 11 is 0. The molecule has 10 nitrogen and oxygen atoms in total. The van der Waals surface area contributed by atoms with E-state index in [1.165, 1.54) is 6.07 Å². The van der Waals surface area contributed by atoms with Gasteiger partial charge in [0.2, 0.25) is 0 Å². The molecule has 0 spiro atoms. The van der Waals surface area contributed by atoms with Gasteiger partial charge < -0.3 is 44.2 Å². The minimum absolute atomic E-state index is 0.0706. The third-order valence-corrected chi connectivity index (χ3v) is 5.88. The highest BCUT2D eigenvalue weighted by molar-refractivity contribution is 5.87.